The van der Waals surface area contributed by atoms with Crippen molar-refractivity contribution in [2.24, 2.45) is 0 Å². The number of para-hydroxylation sites is 1. The van der Waals surface area contributed by atoms with Crippen LogP contribution in [0, 0.1) is 0 Å². The Morgan fingerprint density at radius 3 is 3.00 bits per heavy atom. The fraction of sp³-hybridized carbons (Fsp3) is 0.471. The molecule has 23 heavy (non-hydrogen) atoms. The molecule has 1 aliphatic heterocycles. The van der Waals surface area contributed by atoms with E-state index >= 15 is 0 Å². The minimum absolute atomic E-state index is 0.121. The lowest BCUT2D eigenvalue weighted by atomic mass is 10.00. The standard InChI is InChI=1S/C17H21N3O3/c1-2-12-7-5-6-10-20(12)15(21)11-23-17(22)16-13-8-3-4-9-14(13)18-19-16/h3-4,8-9,12H,2,5-7,10-11H2,1H3,(H,18,19)/t12-/m1/s1. The van der Waals surface area contributed by atoms with Crippen molar-refractivity contribution >= 4 is 22.8 Å². The van der Waals surface area contributed by atoms with Crippen molar-refractivity contribution in [1.82, 2.24) is 15.1 Å². The van der Waals surface area contributed by atoms with Gasteiger partial charge in [-0.05, 0) is 31.7 Å². The van der Waals surface area contributed by atoms with Gasteiger partial charge in [-0.1, -0.05) is 25.1 Å². The van der Waals surface area contributed by atoms with E-state index in [-0.39, 0.29) is 24.2 Å². The van der Waals surface area contributed by atoms with Crippen LogP contribution in [-0.4, -0.2) is 46.2 Å². The number of amides is 1. The van der Waals surface area contributed by atoms with Crippen molar-refractivity contribution in [3.05, 3.63) is 30.0 Å². The van der Waals surface area contributed by atoms with Crippen LogP contribution in [-0.2, 0) is 9.53 Å². The number of piperidine rings is 1. The molecule has 6 nitrogen and oxygen atoms in total. The number of hydrogen-bond donors (Lipinski definition) is 1. The van der Waals surface area contributed by atoms with Gasteiger partial charge in [0.25, 0.3) is 5.91 Å². The van der Waals surface area contributed by atoms with E-state index in [9.17, 15) is 9.59 Å². The van der Waals surface area contributed by atoms with Crippen LogP contribution in [0.3, 0.4) is 0 Å². The van der Waals surface area contributed by atoms with Gasteiger partial charge in [-0.15, -0.1) is 0 Å². The molecule has 0 radical (unpaired) electrons. The van der Waals surface area contributed by atoms with E-state index in [4.69, 9.17) is 4.74 Å². The number of hydrogen-bond acceptors (Lipinski definition) is 4. The molecule has 1 aromatic heterocycles. The summed E-state index contributed by atoms with van der Waals surface area (Å²) >= 11 is 0. The number of aromatic amines is 1. The number of ether oxygens (including phenoxy) is 1. The second-order valence-electron chi connectivity index (χ2n) is 5.84. The van der Waals surface area contributed by atoms with Gasteiger partial charge < -0.3 is 9.64 Å². The molecule has 1 N–H and O–H groups in total. The average molecular weight is 315 g/mol. The molecule has 6 heteroatoms. The highest BCUT2D eigenvalue weighted by atomic mass is 16.5. The predicted molar refractivity (Wildman–Crippen MR) is 86.0 cm³/mol. The number of aromatic nitrogens is 2. The molecule has 3 rings (SSSR count). The smallest absolute Gasteiger partial charge is 0.359 e. The lowest BCUT2D eigenvalue weighted by Crippen LogP contribution is -2.45. The molecule has 1 fully saturated rings. The average Bonchev–Trinajstić information content (AvgIpc) is 3.03. The Kier molecular flexibility index (Phi) is 4.60. The maximum atomic E-state index is 12.3. The number of benzene rings is 1. The fourth-order valence-corrected chi connectivity index (χ4v) is 3.15. The van der Waals surface area contributed by atoms with E-state index in [0.717, 1.165) is 37.7 Å². The topological polar surface area (TPSA) is 75.3 Å². The Labute approximate surface area is 134 Å². The summed E-state index contributed by atoms with van der Waals surface area (Å²) in [5.41, 5.74) is 0.993. The molecular formula is C17H21N3O3. The van der Waals surface area contributed by atoms with Crippen molar-refractivity contribution in [1.29, 1.82) is 0 Å². The van der Waals surface area contributed by atoms with Crippen molar-refractivity contribution in [3.8, 4) is 0 Å². The number of H-pyrrole nitrogens is 1. The minimum Gasteiger partial charge on any atom is -0.451 e. The Balaban J connectivity index is 1.63. The van der Waals surface area contributed by atoms with Crippen LogP contribution in [0.25, 0.3) is 10.9 Å². The van der Waals surface area contributed by atoms with E-state index in [1.165, 1.54) is 0 Å². The van der Waals surface area contributed by atoms with E-state index in [1.807, 2.05) is 23.1 Å². The third kappa shape index (κ3) is 3.21. The van der Waals surface area contributed by atoms with Gasteiger partial charge in [0.15, 0.2) is 12.3 Å². The number of carbonyl (C=O) groups is 2. The Morgan fingerprint density at radius 1 is 1.35 bits per heavy atom. The van der Waals surface area contributed by atoms with Crippen LogP contribution in [0.15, 0.2) is 24.3 Å². The lowest BCUT2D eigenvalue weighted by Gasteiger charge is -2.35. The lowest BCUT2D eigenvalue weighted by molar-refractivity contribution is -0.138. The monoisotopic (exact) mass is 315 g/mol. The fourth-order valence-electron chi connectivity index (χ4n) is 3.15. The third-order valence-corrected chi connectivity index (χ3v) is 4.41. The van der Waals surface area contributed by atoms with Gasteiger partial charge in [0.1, 0.15) is 0 Å². The van der Waals surface area contributed by atoms with Crippen molar-refractivity contribution in [3.63, 3.8) is 0 Å². The first-order chi connectivity index (χ1) is 11.2. The summed E-state index contributed by atoms with van der Waals surface area (Å²) < 4.78 is 5.19. The number of nitrogens with zero attached hydrogens (tertiary/aromatic N) is 2. The maximum Gasteiger partial charge on any atom is 0.359 e. The first-order valence-electron chi connectivity index (χ1n) is 8.10. The molecule has 1 saturated heterocycles. The first-order valence-corrected chi connectivity index (χ1v) is 8.10. The van der Waals surface area contributed by atoms with Crippen molar-refractivity contribution < 1.29 is 14.3 Å². The molecule has 0 aliphatic carbocycles. The molecule has 2 aromatic rings. The summed E-state index contributed by atoms with van der Waals surface area (Å²) in [4.78, 5) is 26.4. The van der Waals surface area contributed by atoms with Crippen molar-refractivity contribution in [2.75, 3.05) is 13.2 Å². The third-order valence-electron chi connectivity index (χ3n) is 4.41. The molecule has 2 heterocycles. The van der Waals surface area contributed by atoms with Crippen LogP contribution in [0.1, 0.15) is 43.1 Å². The zero-order valence-electron chi connectivity index (χ0n) is 13.2. The van der Waals surface area contributed by atoms with Gasteiger partial charge in [-0.3, -0.25) is 9.89 Å². The van der Waals surface area contributed by atoms with Crippen LogP contribution in [0.4, 0.5) is 0 Å². The minimum atomic E-state index is -0.569. The quantitative estimate of drug-likeness (QED) is 0.880. The van der Waals surface area contributed by atoms with Crippen LogP contribution in [0.5, 0.6) is 0 Å². The highest BCUT2D eigenvalue weighted by Gasteiger charge is 2.26. The maximum absolute atomic E-state index is 12.3. The Bertz CT molecular complexity index is 710. The van der Waals surface area contributed by atoms with Gasteiger partial charge in [-0.2, -0.15) is 5.10 Å². The number of carbonyl (C=O) groups excluding carboxylic acids is 2. The van der Waals surface area contributed by atoms with E-state index in [0.29, 0.717) is 5.39 Å². The van der Waals surface area contributed by atoms with Gasteiger partial charge in [-0.25, -0.2) is 4.79 Å². The summed E-state index contributed by atoms with van der Waals surface area (Å²) in [5, 5.41) is 7.49. The van der Waals surface area contributed by atoms with Crippen molar-refractivity contribution in [2.45, 2.75) is 38.6 Å². The second kappa shape index (κ2) is 6.81. The second-order valence-corrected chi connectivity index (χ2v) is 5.84. The first kappa shape index (κ1) is 15.5. The Morgan fingerprint density at radius 2 is 2.17 bits per heavy atom. The molecule has 1 amide bonds. The predicted octanol–water partition coefficient (Wildman–Crippen LogP) is 2.51. The van der Waals surface area contributed by atoms with Gasteiger partial charge >= 0.3 is 5.97 Å². The summed E-state index contributed by atoms with van der Waals surface area (Å²) in [6.07, 6.45) is 4.13. The zero-order chi connectivity index (χ0) is 16.2. The highest BCUT2D eigenvalue weighted by Crippen LogP contribution is 2.20. The SMILES string of the molecule is CC[C@@H]1CCCCN1C(=O)COC(=O)c1n[nH]c2ccccc12. The number of esters is 1. The molecule has 0 saturated carbocycles. The summed E-state index contributed by atoms with van der Waals surface area (Å²) in [5.74, 6) is -0.689. The number of nitrogens with one attached hydrogen (secondary N) is 1. The molecule has 0 bridgehead atoms. The summed E-state index contributed by atoms with van der Waals surface area (Å²) in [6.45, 7) is 2.61. The van der Waals surface area contributed by atoms with Gasteiger partial charge in [0, 0.05) is 18.0 Å². The summed E-state index contributed by atoms with van der Waals surface area (Å²) in [6, 6.07) is 7.60. The van der Waals surface area contributed by atoms with E-state index in [2.05, 4.69) is 17.1 Å². The zero-order valence-corrected chi connectivity index (χ0v) is 13.2. The van der Waals surface area contributed by atoms with Gasteiger partial charge in [0.05, 0.1) is 5.52 Å². The summed E-state index contributed by atoms with van der Waals surface area (Å²) in [7, 11) is 0. The molecule has 122 valence electrons. The number of fused-ring (bicyclic) bond motifs is 1. The van der Waals surface area contributed by atoms with Crippen LogP contribution >= 0.6 is 0 Å². The Hall–Kier alpha value is -2.37. The normalized spacial score (nSPS) is 18.1. The molecule has 0 spiro atoms. The molecule has 1 aliphatic rings. The largest absolute Gasteiger partial charge is 0.451 e. The molecular weight excluding hydrogens is 294 g/mol. The number of rotatable bonds is 4. The molecule has 1 aromatic carbocycles. The van der Waals surface area contributed by atoms with E-state index in [1.54, 1.807) is 6.07 Å². The van der Waals surface area contributed by atoms with Gasteiger partial charge in [0.2, 0.25) is 0 Å². The number of likely N-dealkylation sites (tertiary alicyclic amines) is 1. The molecule has 0 unspecified atom stereocenters. The van der Waals surface area contributed by atoms with Crippen LogP contribution < -0.4 is 0 Å². The highest BCUT2D eigenvalue weighted by molar-refractivity contribution is 6.02. The van der Waals surface area contributed by atoms with Crippen LogP contribution in [0.2, 0.25) is 0 Å². The van der Waals surface area contributed by atoms with E-state index < -0.39 is 5.97 Å². The molecule has 1 atom stereocenters.